The van der Waals surface area contributed by atoms with Crippen LogP contribution in [0, 0.1) is 5.92 Å². The molecule has 3 N–H and O–H groups in total. The number of aliphatic carboxylic acids is 1. The van der Waals surface area contributed by atoms with Gasteiger partial charge >= 0.3 is 11.9 Å². The largest absolute Gasteiger partial charge is 0.494 e. The van der Waals surface area contributed by atoms with Crippen molar-refractivity contribution in [2.45, 2.75) is 57.4 Å². The van der Waals surface area contributed by atoms with Crippen LogP contribution < -0.4 is 14.8 Å². The maximum atomic E-state index is 13.1. The smallest absolute Gasteiger partial charge is 0.335 e. The maximum Gasteiger partial charge on any atom is 0.335 e. The van der Waals surface area contributed by atoms with E-state index < -0.39 is 23.8 Å². The topological polar surface area (TPSA) is 122 Å². The van der Waals surface area contributed by atoms with Crippen LogP contribution in [0.3, 0.4) is 0 Å². The second-order valence-corrected chi connectivity index (χ2v) is 10.8. The molecule has 0 aromatic heterocycles. The van der Waals surface area contributed by atoms with Crippen molar-refractivity contribution in [1.29, 1.82) is 0 Å². The number of rotatable bonds is 15. The zero-order valence-corrected chi connectivity index (χ0v) is 24.2. The van der Waals surface area contributed by atoms with Gasteiger partial charge in [0.2, 0.25) is 0 Å². The summed E-state index contributed by atoms with van der Waals surface area (Å²) in [4.78, 5) is 36.1. The van der Waals surface area contributed by atoms with Crippen LogP contribution in [0.4, 0.5) is 0 Å². The molecule has 226 valence electrons. The molecule has 0 spiro atoms. The molecule has 43 heavy (non-hydrogen) atoms. The van der Waals surface area contributed by atoms with Gasteiger partial charge in [0.05, 0.1) is 30.3 Å². The van der Waals surface area contributed by atoms with Crippen molar-refractivity contribution in [3.8, 4) is 11.5 Å². The van der Waals surface area contributed by atoms with Crippen LogP contribution in [-0.2, 0) is 11.2 Å². The van der Waals surface area contributed by atoms with Gasteiger partial charge in [-0.25, -0.2) is 4.79 Å². The number of unbranched alkanes of at least 4 members (excludes halogenated alkanes) is 1. The van der Waals surface area contributed by atoms with E-state index in [1.165, 1.54) is 23.8 Å². The van der Waals surface area contributed by atoms with Gasteiger partial charge in [0.1, 0.15) is 11.5 Å². The van der Waals surface area contributed by atoms with Crippen molar-refractivity contribution < 1.29 is 34.1 Å². The Morgan fingerprint density at radius 2 is 1.65 bits per heavy atom. The van der Waals surface area contributed by atoms with Gasteiger partial charge in [0.25, 0.3) is 5.91 Å². The summed E-state index contributed by atoms with van der Waals surface area (Å²) in [5, 5.41) is 21.7. The summed E-state index contributed by atoms with van der Waals surface area (Å²) in [5.74, 6) is -1.75. The number of hydrogen-bond donors (Lipinski definition) is 3. The number of aromatic carboxylic acids is 1. The number of para-hydroxylation sites is 1. The number of hydrogen-bond acceptors (Lipinski definition) is 5. The summed E-state index contributed by atoms with van der Waals surface area (Å²) in [6.45, 7) is 1.03. The molecule has 1 fully saturated rings. The Hall–Kier alpha value is -4.59. The molecule has 3 aromatic rings. The van der Waals surface area contributed by atoms with E-state index in [0.29, 0.717) is 51.1 Å². The summed E-state index contributed by atoms with van der Waals surface area (Å²) < 4.78 is 11.6. The zero-order chi connectivity index (χ0) is 30.4. The van der Waals surface area contributed by atoms with E-state index in [1.807, 2.05) is 30.3 Å². The number of ether oxygens (including phenoxy) is 2. The third kappa shape index (κ3) is 10.0. The van der Waals surface area contributed by atoms with Crippen LogP contribution in [0.25, 0.3) is 6.08 Å². The minimum atomic E-state index is -1.14. The first-order valence-electron chi connectivity index (χ1n) is 14.9. The molecular formula is C35H39NO7. The van der Waals surface area contributed by atoms with Crippen LogP contribution in [0.1, 0.15) is 76.8 Å². The number of benzene rings is 3. The van der Waals surface area contributed by atoms with Gasteiger partial charge in [-0.3, -0.25) is 9.59 Å². The summed E-state index contributed by atoms with van der Waals surface area (Å²) in [7, 11) is 0. The Kier molecular flexibility index (Phi) is 11.8. The average Bonchev–Trinajstić information content (AvgIpc) is 3.02. The molecule has 1 amide bonds. The standard InChI is InChI=1S/C35H39NO7/c37-33(36-29-12-7-11-27(23-29)34(38)39)31-24-28(35(40)41)19-20-32(31)43-22-8-10-26-17-15-25(16-18-26)9-3-2-6-21-42-30-13-4-1-5-14-30/h1,3-5,9,13-20,24,27,29H,2,6-8,10-12,21-23H2,(H,36,37)(H,38,39)(H,40,41)/b9-3-. The van der Waals surface area contributed by atoms with Crippen LogP contribution in [-0.4, -0.2) is 47.3 Å². The third-order valence-electron chi connectivity index (χ3n) is 7.51. The SMILES string of the molecule is O=C(O)c1ccc(OCCCc2ccc(/C=C\CCCOc3ccccc3)cc2)c(C(=O)NC2CCCC(C(=O)O)C2)c1. The highest BCUT2D eigenvalue weighted by Gasteiger charge is 2.29. The molecular weight excluding hydrogens is 546 g/mol. The highest BCUT2D eigenvalue weighted by atomic mass is 16.5. The van der Waals surface area contributed by atoms with Crippen LogP contribution in [0.2, 0.25) is 0 Å². The summed E-state index contributed by atoms with van der Waals surface area (Å²) in [6, 6.07) is 22.1. The van der Waals surface area contributed by atoms with E-state index in [0.717, 1.165) is 30.6 Å². The van der Waals surface area contributed by atoms with E-state index in [9.17, 15) is 24.6 Å². The molecule has 8 nitrogen and oxygen atoms in total. The molecule has 0 heterocycles. The van der Waals surface area contributed by atoms with Gasteiger partial charge in [-0.1, -0.05) is 61.0 Å². The highest BCUT2D eigenvalue weighted by Crippen LogP contribution is 2.26. The maximum absolute atomic E-state index is 13.1. The van der Waals surface area contributed by atoms with Crippen molar-refractivity contribution >= 4 is 23.9 Å². The number of allylic oxidation sites excluding steroid dienone is 1. The number of carboxylic acid groups (broad SMARTS) is 2. The van der Waals surface area contributed by atoms with Gasteiger partial charge in [-0.2, -0.15) is 0 Å². The molecule has 1 aliphatic rings. The van der Waals surface area contributed by atoms with Crippen molar-refractivity contribution in [3.63, 3.8) is 0 Å². The Bertz CT molecular complexity index is 1390. The lowest BCUT2D eigenvalue weighted by molar-refractivity contribution is -0.143. The van der Waals surface area contributed by atoms with Gasteiger partial charge in [-0.05, 0) is 86.4 Å². The molecule has 1 aliphatic carbocycles. The number of carbonyl (C=O) groups is 3. The number of aryl methyl sites for hydroxylation is 1. The minimum absolute atomic E-state index is 0.0146. The van der Waals surface area contributed by atoms with Gasteiger partial charge in [0.15, 0.2) is 0 Å². The predicted octanol–water partition coefficient (Wildman–Crippen LogP) is 6.64. The molecule has 2 atom stereocenters. The first kappa shape index (κ1) is 31.3. The lowest BCUT2D eigenvalue weighted by atomic mass is 9.85. The van der Waals surface area contributed by atoms with Crippen LogP contribution in [0.5, 0.6) is 11.5 Å². The molecule has 0 radical (unpaired) electrons. The summed E-state index contributed by atoms with van der Waals surface area (Å²) in [5.41, 5.74) is 2.42. The lowest BCUT2D eigenvalue weighted by Gasteiger charge is -2.27. The molecule has 0 saturated heterocycles. The summed E-state index contributed by atoms with van der Waals surface area (Å²) >= 11 is 0. The van der Waals surface area contributed by atoms with Crippen LogP contribution in [0.15, 0.2) is 78.9 Å². The number of nitrogens with one attached hydrogen (secondary N) is 1. The van der Waals surface area contributed by atoms with Gasteiger partial charge < -0.3 is 25.0 Å². The van der Waals surface area contributed by atoms with Gasteiger partial charge in [0, 0.05) is 6.04 Å². The number of carboxylic acids is 2. The van der Waals surface area contributed by atoms with E-state index >= 15 is 0 Å². The van der Waals surface area contributed by atoms with E-state index in [-0.39, 0.29) is 17.2 Å². The minimum Gasteiger partial charge on any atom is -0.494 e. The number of carbonyl (C=O) groups excluding carboxylic acids is 1. The Balaban J connectivity index is 1.23. The molecule has 1 saturated carbocycles. The predicted molar refractivity (Wildman–Crippen MR) is 165 cm³/mol. The molecule has 2 unspecified atom stereocenters. The van der Waals surface area contributed by atoms with E-state index in [1.54, 1.807) is 0 Å². The lowest BCUT2D eigenvalue weighted by Crippen LogP contribution is -2.40. The summed E-state index contributed by atoms with van der Waals surface area (Å²) in [6.07, 6.45) is 9.97. The van der Waals surface area contributed by atoms with E-state index in [4.69, 9.17) is 9.47 Å². The quantitative estimate of drug-likeness (QED) is 0.171. The second kappa shape index (κ2) is 16.2. The Labute approximate surface area is 252 Å². The third-order valence-corrected chi connectivity index (χ3v) is 7.51. The first-order chi connectivity index (χ1) is 20.9. The number of amides is 1. The molecule has 8 heteroatoms. The first-order valence-corrected chi connectivity index (χ1v) is 14.9. The Morgan fingerprint density at radius 1 is 0.884 bits per heavy atom. The van der Waals surface area contributed by atoms with E-state index in [2.05, 4.69) is 41.7 Å². The van der Waals surface area contributed by atoms with Gasteiger partial charge in [-0.15, -0.1) is 0 Å². The highest BCUT2D eigenvalue weighted by molar-refractivity contribution is 6.00. The van der Waals surface area contributed by atoms with Crippen LogP contribution >= 0.6 is 0 Å². The molecule has 0 bridgehead atoms. The fourth-order valence-corrected chi connectivity index (χ4v) is 5.16. The monoisotopic (exact) mass is 585 g/mol. The van der Waals surface area contributed by atoms with Crippen molar-refractivity contribution in [1.82, 2.24) is 5.32 Å². The van der Waals surface area contributed by atoms with Crippen molar-refractivity contribution in [3.05, 3.63) is 101 Å². The normalized spacial score (nSPS) is 16.5. The zero-order valence-electron chi connectivity index (χ0n) is 24.2. The van der Waals surface area contributed by atoms with Crippen molar-refractivity contribution in [2.24, 2.45) is 5.92 Å². The average molecular weight is 586 g/mol. The molecule has 4 rings (SSSR count). The fraction of sp³-hybridized carbons (Fsp3) is 0.343. The Morgan fingerprint density at radius 3 is 2.40 bits per heavy atom. The van der Waals surface area contributed by atoms with Crippen molar-refractivity contribution in [2.75, 3.05) is 13.2 Å². The second-order valence-electron chi connectivity index (χ2n) is 10.8. The molecule has 3 aromatic carbocycles. The fourth-order valence-electron chi connectivity index (χ4n) is 5.16. The molecule has 0 aliphatic heterocycles.